The van der Waals surface area contributed by atoms with Crippen LogP contribution in [0.4, 0.5) is 0 Å². The van der Waals surface area contributed by atoms with Gasteiger partial charge in [-0.2, -0.15) is 0 Å². The minimum Gasteiger partial charge on any atom is -0.386 e. The van der Waals surface area contributed by atoms with Gasteiger partial charge in [-0.15, -0.1) is 0 Å². The van der Waals surface area contributed by atoms with Crippen LogP contribution in [0.2, 0.25) is 0 Å². The van der Waals surface area contributed by atoms with E-state index >= 15 is 0 Å². The number of likely N-dealkylation sites (tertiary alicyclic amines) is 1. The molecule has 0 aromatic rings. The zero-order valence-electron chi connectivity index (χ0n) is 8.11. The number of hydrogen-bond acceptors (Lipinski definition) is 4. The topological polar surface area (TPSA) is 75.8 Å². The SMILES string of the molecule is NC1CCN(CC2(O)CCOC2)C1=O. The van der Waals surface area contributed by atoms with Crippen LogP contribution in [0.25, 0.3) is 0 Å². The van der Waals surface area contributed by atoms with Crippen LogP contribution in [0.3, 0.4) is 0 Å². The summed E-state index contributed by atoms with van der Waals surface area (Å²) in [4.78, 5) is 13.1. The molecule has 0 aromatic heterocycles. The van der Waals surface area contributed by atoms with E-state index in [1.807, 2.05) is 0 Å². The summed E-state index contributed by atoms with van der Waals surface area (Å²) < 4.78 is 5.11. The standard InChI is InChI=1S/C9H16N2O3/c10-7-1-3-11(8(7)12)5-9(13)2-4-14-6-9/h7,13H,1-6,10H2. The molecule has 2 atom stereocenters. The number of ether oxygens (including phenoxy) is 1. The molecule has 2 fully saturated rings. The van der Waals surface area contributed by atoms with Gasteiger partial charge in [0.05, 0.1) is 19.2 Å². The number of hydrogen-bond donors (Lipinski definition) is 2. The minimum absolute atomic E-state index is 0.0506. The first kappa shape index (κ1) is 9.89. The summed E-state index contributed by atoms with van der Waals surface area (Å²) in [5.74, 6) is -0.0506. The van der Waals surface area contributed by atoms with Gasteiger partial charge in [-0.1, -0.05) is 0 Å². The zero-order chi connectivity index (χ0) is 10.2. The maximum atomic E-state index is 11.5. The molecule has 80 valence electrons. The highest BCUT2D eigenvalue weighted by molar-refractivity contribution is 5.83. The lowest BCUT2D eigenvalue weighted by atomic mass is 10.0. The molecule has 0 radical (unpaired) electrons. The van der Waals surface area contributed by atoms with Crippen LogP contribution in [0, 0.1) is 0 Å². The molecule has 2 saturated heterocycles. The lowest BCUT2D eigenvalue weighted by molar-refractivity contribution is -0.132. The summed E-state index contributed by atoms with van der Waals surface area (Å²) in [5.41, 5.74) is 4.73. The van der Waals surface area contributed by atoms with E-state index in [9.17, 15) is 9.90 Å². The molecule has 2 aliphatic rings. The van der Waals surface area contributed by atoms with Crippen molar-refractivity contribution < 1.29 is 14.6 Å². The Morgan fingerprint density at radius 2 is 2.50 bits per heavy atom. The van der Waals surface area contributed by atoms with Gasteiger partial charge < -0.3 is 20.5 Å². The van der Waals surface area contributed by atoms with E-state index in [4.69, 9.17) is 10.5 Å². The highest BCUT2D eigenvalue weighted by Gasteiger charge is 2.38. The molecule has 0 aromatic carbocycles. The maximum Gasteiger partial charge on any atom is 0.239 e. The summed E-state index contributed by atoms with van der Waals surface area (Å²) in [6.07, 6.45) is 1.29. The molecule has 0 spiro atoms. The van der Waals surface area contributed by atoms with Crippen molar-refractivity contribution in [3.63, 3.8) is 0 Å². The molecule has 1 amide bonds. The van der Waals surface area contributed by atoms with Crippen molar-refractivity contribution in [3.8, 4) is 0 Å². The van der Waals surface area contributed by atoms with Crippen LogP contribution in [0.15, 0.2) is 0 Å². The number of carbonyl (C=O) groups is 1. The Morgan fingerprint density at radius 3 is 3.00 bits per heavy atom. The summed E-state index contributed by atoms with van der Waals surface area (Å²) >= 11 is 0. The van der Waals surface area contributed by atoms with Gasteiger partial charge in [-0.05, 0) is 6.42 Å². The summed E-state index contributed by atoms with van der Waals surface area (Å²) in [5, 5.41) is 10.00. The summed E-state index contributed by atoms with van der Waals surface area (Å²) in [7, 11) is 0. The maximum absolute atomic E-state index is 11.5. The summed E-state index contributed by atoms with van der Waals surface area (Å²) in [6, 6.07) is -0.374. The molecule has 0 saturated carbocycles. The second kappa shape index (κ2) is 3.49. The van der Waals surface area contributed by atoms with Crippen molar-refractivity contribution in [2.24, 2.45) is 5.73 Å². The van der Waals surface area contributed by atoms with Crippen LogP contribution in [0.5, 0.6) is 0 Å². The molecule has 0 aliphatic carbocycles. The molecule has 5 nitrogen and oxygen atoms in total. The third kappa shape index (κ3) is 1.75. The van der Waals surface area contributed by atoms with Crippen molar-refractivity contribution >= 4 is 5.91 Å². The number of amides is 1. The van der Waals surface area contributed by atoms with Gasteiger partial charge in [-0.25, -0.2) is 0 Å². The Bertz CT molecular complexity index is 238. The average Bonchev–Trinajstić information content (AvgIpc) is 2.68. The number of rotatable bonds is 2. The molecule has 2 heterocycles. The van der Waals surface area contributed by atoms with E-state index in [1.165, 1.54) is 0 Å². The fourth-order valence-electron chi connectivity index (χ4n) is 2.00. The van der Waals surface area contributed by atoms with Gasteiger partial charge in [0.25, 0.3) is 0 Å². The van der Waals surface area contributed by atoms with Gasteiger partial charge in [-0.3, -0.25) is 4.79 Å². The number of nitrogens with two attached hydrogens (primary N) is 1. The molecule has 2 aliphatic heterocycles. The number of aliphatic hydroxyl groups is 1. The van der Waals surface area contributed by atoms with E-state index in [0.717, 1.165) is 0 Å². The fourth-order valence-corrected chi connectivity index (χ4v) is 2.00. The lowest BCUT2D eigenvalue weighted by Crippen LogP contribution is -2.46. The van der Waals surface area contributed by atoms with E-state index < -0.39 is 5.60 Å². The number of β-amino-alcohol motifs (C(OH)–C–C–N with tert-alkyl or cyclic N) is 1. The molecule has 2 unspecified atom stereocenters. The molecule has 2 rings (SSSR count). The summed E-state index contributed by atoms with van der Waals surface area (Å²) in [6.45, 7) is 1.92. The van der Waals surface area contributed by atoms with Crippen molar-refractivity contribution in [2.45, 2.75) is 24.5 Å². The quantitative estimate of drug-likeness (QED) is 0.581. The average molecular weight is 200 g/mol. The molecular formula is C9H16N2O3. The van der Waals surface area contributed by atoms with Crippen LogP contribution >= 0.6 is 0 Å². The Hall–Kier alpha value is -0.650. The van der Waals surface area contributed by atoms with E-state index in [1.54, 1.807) is 4.90 Å². The first-order chi connectivity index (χ1) is 6.61. The third-order valence-electron chi connectivity index (χ3n) is 2.91. The molecule has 3 N–H and O–H groups in total. The fraction of sp³-hybridized carbons (Fsp3) is 0.889. The van der Waals surface area contributed by atoms with Crippen LogP contribution in [-0.2, 0) is 9.53 Å². The van der Waals surface area contributed by atoms with Gasteiger partial charge >= 0.3 is 0 Å². The molecular weight excluding hydrogens is 184 g/mol. The Kier molecular flexibility index (Phi) is 2.47. The Labute approximate surface area is 82.8 Å². The number of nitrogens with zero attached hydrogens (tertiary/aromatic N) is 1. The van der Waals surface area contributed by atoms with E-state index in [2.05, 4.69) is 0 Å². The van der Waals surface area contributed by atoms with Gasteiger partial charge in [0.1, 0.15) is 5.60 Å². The van der Waals surface area contributed by atoms with Crippen molar-refractivity contribution in [2.75, 3.05) is 26.3 Å². The minimum atomic E-state index is -0.848. The molecule has 5 heteroatoms. The van der Waals surface area contributed by atoms with Gasteiger partial charge in [0.2, 0.25) is 5.91 Å². The van der Waals surface area contributed by atoms with Gasteiger partial charge in [0.15, 0.2) is 0 Å². The van der Waals surface area contributed by atoms with Crippen molar-refractivity contribution in [3.05, 3.63) is 0 Å². The normalized spacial score (nSPS) is 38.3. The first-order valence-corrected chi connectivity index (χ1v) is 4.95. The molecule has 14 heavy (non-hydrogen) atoms. The van der Waals surface area contributed by atoms with Crippen LogP contribution in [-0.4, -0.2) is 53.9 Å². The van der Waals surface area contributed by atoms with Crippen LogP contribution in [0.1, 0.15) is 12.8 Å². The number of carbonyl (C=O) groups excluding carboxylic acids is 1. The molecule has 0 bridgehead atoms. The highest BCUT2D eigenvalue weighted by atomic mass is 16.5. The Balaban J connectivity index is 1.94. The van der Waals surface area contributed by atoms with Crippen molar-refractivity contribution in [1.82, 2.24) is 4.90 Å². The van der Waals surface area contributed by atoms with Crippen molar-refractivity contribution in [1.29, 1.82) is 0 Å². The predicted molar refractivity (Wildman–Crippen MR) is 49.6 cm³/mol. The highest BCUT2D eigenvalue weighted by Crippen LogP contribution is 2.22. The smallest absolute Gasteiger partial charge is 0.239 e. The van der Waals surface area contributed by atoms with E-state index in [0.29, 0.717) is 39.1 Å². The van der Waals surface area contributed by atoms with Gasteiger partial charge in [0, 0.05) is 19.6 Å². The first-order valence-electron chi connectivity index (χ1n) is 4.95. The second-order valence-electron chi connectivity index (χ2n) is 4.18. The zero-order valence-corrected chi connectivity index (χ0v) is 8.11. The second-order valence-corrected chi connectivity index (χ2v) is 4.18. The third-order valence-corrected chi connectivity index (χ3v) is 2.91. The predicted octanol–water partition coefficient (Wildman–Crippen LogP) is -1.30. The van der Waals surface area contributed by atoms with Crippen LogP contribution < -0.4 is 5.73 Å². The largest absolute Gasteiger partial charge is 0.386 e. The monoisotopic (exact) mass is 200 g/mol. The lowest BCUT2D eigenvalue weighted by Gasteiger charge is -2.27. The van der Waals surface area contributed by atoms with E-state index in [-0.39, 0.29) is 11.9 Å². The Morgan fingerprint density at radius 1 is 1.71 bits per heavy atom.